The zero-order chi connectivity index (χ0) is 17.7. The first-order chi connectivity index (χ1) is 12.1. The fraction of sp³-hybridized carbons (Fsp3) is 0.500. The smallest absolute Gasteiger partial charge is 0.248 e. The summed E-state index contributed by atoms with van der Waals surface area (Å²) in [5.41, 5.74) is 1.19. The molecule has 134 valence electrons. The second kappa shape index (κ2) is 7.83. The van der Waals surface area contributed by atoms with Gasteiger partial charge in [-0.3, -0.25) is 9.59 Å². The fourth-order valence-corrected chi connectivity index (χ4v) is 3.84. The van der Waals surface area contributed by atoms with Gasteiger partial charge in [-0.05, 0) is 37.8 Å². The average molecular weight is 342 g/mol. The summed E-state index contributed by atoms with van der Waals surface area (Å²) in [4.78, 5) is 27.6. The third-order valence-corrected chi connectivity index (χ3v) is 5.25. The second-order valence-electron chi connectivity index (χ2n) is 6.82. The molecule has 1 heterocycles. The van der Waals surface area contributed by atoms with Crippen molar-refractivity contribution in [2.24, 2.45) is 5.41 Å². The van der Waals surface area contributed by atoms with Crippen molar-refractivity contribution in [3.63, 3.8) is 0 Å². The van der Waals surface area contributed by atoms with Crippen molar-refractivity contribution in [2.75, 3.05) is 13.2 Å². The van der Waals surface area contributed by atoms with Crippen LogP contribution in [0.15, 0.2) is 35.1 Å². The van der Waals surface area contributed by atoms with E-state index in [2.05, 4.69) is 10.3 Å². The number of H-pyrrole nitrogens is 1. The molecule has 0 radical (unpaired) electrons. The number of rotatable bonds is 7. The van der Waals surface area contributed by atoms with Crippen LogP contribution in [0.25, 0.3) is 10.9 Å². The van der Waals surface area contributed by atoms with Gasteiger partial charge in [-0.15, -0.1) is 0 Å². The molecule has 0 unspecified atom stereocenters. The maximum Gasteiger partial charge on any atom is 0.248 e. The minimum Gasteiger partial charge on any atom is -0.382 e. The maximum absolute atomic E-state index is 12.9. The van der Waals surface area contributed by atoms with E-state index >= 15 is 0 Å². The van der Waals surface area contributed by atoms with E-state index in [1.807, 2.05) is 31.2 Å². The lowest BCUT2D eigenvalue weighted by Crippen LogP contribution is -2.39. The Labute approximate surface area is 147 Å². The van der Waals surface area contributed by atoms with Gasteiger partial charge in [0, 0.05) is 36.7 Å². The molecule has 1 aromatic carbocycles. The molecule has 1 aliphatic rings. The number of hydrogen-bond acceptors (Lipinski definition) is 3. The molecule has 0 spiro atoms. The number of nitrogens with one attached hydrogen (secondary N) is 2. The van der Waals surface area contributed by atoms with E-state index < -0.39 is 0 Å². The van der Waals surface area contributed by atoms with E-state index in [4.69, 9.17) is 4.74 Å². The van der Waals surface area contributed by atoms with Gasteiger partial charge >= 0.3 is 0 Å². The van der Waals surface area contributed by atoms with Crippen LogP contribution in [0.2, 0.25) is 0 Å². The summed E-state index contributed by atoms with van der Waals surface area (Å²) in [5.74, 6) is 0.0917. The molecule has 0 aliphatic heterocycles. The molecule has 0 saturated heterocycles. The zero-order valence-electron chi connectivity index (χ0n) is 14.8. The molecule has 5 nitrogen and oxygen atoms in total. The Morgan fingerprint density at radius 1 is 1.28 bits per heavy atom. The molecular formula is C20H26N2O3. The predicted molar refractivity (Wildman–Crippen MR) is 98.4 cm³/mol. The summed E-state index contributed by atoms with van der Waals surface area (Å²) < 4.78 is 5.48. The summed E-state index contributed by atoms with van der Waals surface area (Å²) in [6.45, 7) is 3.65. The first-order valence-electron chi connectivity index (χ1n) is 9.12. The Morgan fingerprint density at radius 2 is 2.04 bits per heavy atom. The number of carbonyl (C=O) groups excluding carboxylic acids is 1. The molecule has 1 aliphatic carbocycles. The van der Waals surface area contributed by atoms with Crippen molar-refractivity contribution in [3.8, 4) is 0 Å². The van der Waals surface area contributed by atoms with Crippen LogP contribution in [0.5, 0.6) is 0 Å². The summed E-state index contributed by atoms with van der Waals surface area (Å²) in [5, 5.41) is 4.05. The molecule has 2 aromatic rings. The SMILES string of the molecule is CCOCCC1(C(=O)NCc2cc(=O)[nH]c3ccccc23)CCCC1. The minimum absolute atomic E-state index is 0.0917. The van der Waals surface area contributed by atoms with E-state index in [1.54, 1.807) is 6.07 Å². The van der Waals surface area contributed by atoms with Crippen molar-refractivity contribution in [1.82, 2.24) is 10.3 Å². The number of hydrogen-bond donors (Lipinski definition) is 2. The first kappa shape index (κ1) is 17.7. The number of amides is 1. The highest BCUT2D eigenvalue weighted by Gasteiger charge is 2.40. The van der Waals surface area contributed by atoms with Gasteiger partial charge in [0.1, 0.15) is 0 Å². The Kier molecular flexibility index (Phi) is 5.53. The second-order valence-corrected chi connectivity index (χ2v) is 6.82. The number of benzene rings is 1. The van der Waals surface area contributed by atoms with Crippen LogP contribution in [0.3, 0.4) is 0 Å². The van der Waals surface area contributed by atoms with Crippen molar-refractivity contribution < 1.29 is 9.53 Å². The summed E-state index contributed by atoms with van der Waals surface area (Å²) in [6, 6.07) is 9.24. The fourth-order valence-electron chi connectivity index (χ4n) is 3.84. The third-order valence-electron chi connectivity index (χ3n) is 5.25. The van der Waals surface area contributed by atoms with Crippen molar-refractivity contribution in [2.45, 2.75) is 45.6 Å². The van der Waals surface area contributed by atoms with Crippen LogP contribution < -0.4 is 10.9 Å². The van der Waals surface area contributed by atoms with E-state index in [-0.39, 0.29) is 16.9 Å². The van der Waals surface area contributed by atoms with Crippen molar-refractivity contribution in [1.29, 1.82) is 0 Å². The number of fused-ring (bicyclic) bond motifs is 1. The molecule has 25 heavy (non-hydrogen) atoms. The highest BCUT2D eigenvalue weighted by molar-refractivity contribution is 5.85. The van der Waals surface area contributed by atoms with Gasteiger partial charge in [-0.2, -0.15) is 0 Å². The minimum atomic E-state index is -0.313. The topological polar surface area (TPSA) is 71.2 Å². The Hall–Kier alpha value is -2.14. The van der Waals surface area contributed by atoms with Crippen LogP contribution in [-0.4, -0.2) is 24.1 Å². The molecule has 5 heteroatoms. The van der Waals surface area contributed by atoms with Crippen LogP contribution in [0, 0.1) is 5.41 Å². The molecule has 1 amide bonds. The van der Waals surface area contributed by atoms with Crippen LogP contribution in [-0.2, 0) is 16.1 Å². The van der Waals surface area contributed by atoms with Crippen LogP contribution in [0.4, 0.5) is 0 Å². The Bertz CT molecular complexity index is 791. The lowest BCUT2D eigenvalue weighted by atomic mass is 9.82. The van der Waals surface area contributed by atoms with E-state index in [0.717, 1.165) is 48.6 Å². The molecule has 1 saturated carbocycles. The van der Waals surface area contributed by atoms with E-state index in [1.165, 1.54) is 0 Å². The zero-order valence-corrected chi connectivity index (χ0v) is 14.8. The lowest BCUT2D eigenvalue weighted by molar-refractivity contribution is -0.132. The number of pyridine rings is 1. The monoisotopic (exact) mass is 342 g/mol. The van der Waals surface area contributed by atoms with Crippen LogP contribution >= 0.6 is 0 Å². The highest BCUT2D eigenvalue weighted by atomic mass is 16.5. The molecular weight excluding hydrogens is 316 g/mol. The van der Waals surface area contributed by atoms with Gasteiger partial charge < -0.3 is 15.0 Å². The van der Waals surface area contributed by atoms with Gasteiger partial charge in [-0.1, -0.05) is 31.0 Å². The molecule has 1 fully saturated rings. The number of para-hydroxylation sites is 1. The summed E-state index contributed by atoms with van der Waals surface area (Å²) in [7, 11) is 0. The standard InChI is InChI=1S/C20H26N2O3/c1-2-25-12-11-20(9-5-6-10-20)19(24)21-14-15-13-18(23)22-17-8-4-3-7-16(15)17/h3-4,7-8,13H,2,5-6,9-12,14H2,1H3,(H,21,24)(H,22,23). The lowest BCUT2D eigenvalue weighted by Gasteiger charge is -2.27. The van der Waals surface area contributed by atoms with E-state index in [0.29, 0.717) is 19.8 Å². The third kappa shape index (κ3) is 3.93. The predicted octanol–water partition coefficient (Wildman–Crippen LogP) is 3.13. The molecule has 0 bridgehead atoms. The maximum atomic E-state index is 12.9. The van der Waals surface area contributed by atoms with Gasteiger partial charge in [0.25, 0.3) is 0 Å². The molecule has 1 aromatic heterocycles. The molecule has 0 atom stereocenters. The number of aromatic nitrogens is 1. The number of aromatic amines is 1. The Balaban J connectivity index is 1.74. The van der Waals surface area contributed by atoms with Gasteiger partial charge in [0.15, 0.2) is 0 Å². The van der Waals surface area contributed by atoms with Crippen LogP contribution in [0.1, 0.15) is 44.6 Å². The summed E-state index contributed by atoms with van der Waals surface area (Å²) in [6.07, 6.45) is 4.79. The highest BCUT2D eigenvalue weighted by Crippen LogP contribution is 2.41. The van der Waals surface area contributed by atoms with Crippen molar-refractivity contribution >= 4 is 16.8 Å². The molecule has 3 rings (SSSR count). The Morgan fingerprint density at radius 3 is 2.80 bits per heavy atom. The average Bonchev–Trinajstić information content (AvgIpc) is 3.09. The normalized spacial score (nSPS) is 16.2. The van der Waals surface area contributed by atoms with Gasteiger partial charge in [0.05, 0.1) is 5.41 Å². The molecule has 2 N–H and O–H groups in total. The quantitative estimate of drug-likeness (QED) is 0.760. The number of carbonyl (C=O) groups is 1. The number of ether oxygens (including phenoxy) is 1. The first-order valence-corrected chi connectivity index (χ1v) is 9.12. The summed E-state index contributed by atoms with van der Waals surface area (Å²) >= 11 is 0. The van der Waals surface area contributed by atoms with E-state index in [9.17, 15) is 9.59 Å². The van der Waals surface area contributed by atoms with Gasteiger partial charge in [-0.25, -0.2) is 0 Å². The largest absolute Gasteiger partial charge is 0.382 e. The van der Waals surface area contributed by atoms with Crippen molar-refractivity contribution in [3.05, 3.63) is 46.2 Å². The van der Waals surface area contributed by atoms with Gasteiger partial charge in [0.2, 0.25) is 11.5 Å².